The number of aliphatic hydroxyl groups is 1. The number of hydroxylamine groups is 2. The number of anilines is 1. The maximum absolute atomic E-state index is 13.5. The summed E-state index contributed by atoms with van der Waals surface area (Å²) >= 11 is 0. The van der Waals surface area contributed by atoms with Crippen molar-refractivity contribution in [2.75, 3.05) is 50.8 Å². The van der Waals surface area contributed by atoms with Gasteiger partial charge >= 0.3 is 12.1 Å². The van der Waals surface area contributed by atoms with Gasteiger partial charge in [-0.15, -0.1) is 5.06 Å². The zero-order valence-corrected chi connectivity index (χ0v) is 22.8. The van der Waals surface area contributed by atoms with Gasteiger partial charge in [0.1, 0.15) is 17.6 Å². The van der Waals surface area contributed by atoms with Gasteiger partial charge in [-0.3, -0.25) is 14.4 Å². The highest BCUT2D eigenvalue weighted by Crippen LogP contribution is 2.23. The molecular formula is C27H34N6O8. The van der Waals surface area contributed by atoms with Crippen LogP contribution >= 0.6 is 0 Å². The number of nitrogens with zero attached hydrogens (tertiary/aromatic N) is 5. The zero-order valence-electron chi connectivity index (χ0n) is 22.8. The number of amides is 2. The molecule has 0 aliphatic carbocycles. The summed E-state index contributed by atoms with van der Waals surface area (Å²) < 4.78 is 4.77. The molecule has 2 saturated heterocycles. The zero-order chi connectivity index (χ0) is 29.4. The molecule has 220 valence electrons. The Morgan fingerprint density at radius 2 is 1.80 bits per heavy atom. The molecule has 2 aliphatic heterocycles. The SMILES string of the molecule is CCOC(=O)ON1CCN(C(=O)[C@H](CCC(=O)O)NC(=O)c2cc(N3CC[C@@H](O)C3)nc(-c3ccccc3)n2)CC1. The number of β-amino-alcohol motifs (C(OH)–C–C–N with tert-alkyl or cyclic N) is 1. The molecule has 0 spiro atoms. The average Bonchev–Trinajstić information content (AvgIpc) is 3.41. The van der Waals surface area contributed by atoms with E-state index in [1.54, 1.807) is 6.92 Å². The summed E-state index contributed by atoms with van der Waals surface area (Å²) in [6.07, 6.45) is -1.24. The topological polar surface area (TPSA) is 175 Å². The lowest BCUT2D eigenvalue weighted by molar-refractivity contribution is -0.157. The summed E-state index contributed by atoms with van der Waals surface area (Å²) in [7, 11) is 0. The highest BCUT2D eigenvalue weighted by Gasteiger charge is 2.31. The van der Waals surface area contributed by atoms with E-state index >= 15 is 0 Å². The van der Waals surface area contributed by atoms with Crippen molar-refractivity contribution in [3.05, 3.63) is 42.1 Å². The van der Waals surface area contributed by atoms with Crippen LogP contribution in [0.2, 0.25) is 0 Å². The number of carbonyl (C=O) groups is 4. The van der Waals surface area contributed by atoms with Gasteiger partial charge in [0, 0.05) is 44.2 Å². The van der Waals surface area contributed by atoms with Crippen molar-refractivity contribution in [2.45, 2.75) is 38.3 Å². The predicted molar refractivity (Wildman–Crippen MR) is 145 cm³/mol. The van der Waals surface area contributed by atoms with Gasteiger partial charge in [0.2, 0.25) is 5.91 Å². The molecule has 0 unspecified atom stereocenters. The van der Waals surface area contributed by atoms with Crippen LogP contribution in [0.3, 0.4) is 0 Å². The molecule has 3 heterocycles. The summed E-state index contributed by atoms with van der Waals surface area (Å²) in [5, 5.41) is 23.4. The fourth-order valence-electron chi connectivity index (χ4n) is 4.61. The molecule has 1 aromatic heterocycles. The molecule has 0 saturated carbocycles. The molecule has 3 N–H and O–H groups in total. The Morgan fingerprint density at radius 1 is 1.07 bits per heavy atom. The Labute approximate surface area is 236 Å². The van der Waals surface area contributed by atoms with Crippen molar-refractivity contribution < 1.29 is 39.0 Å². The van der Waals surface area contributed by atoms with Crippen LogP contribution in [0.25, 0.3) is 11.4 Å². The smallest absolute Gasteiger partial charge is 0.481 e. The number of nitrogens with one attached hydrogen (secondary N) is 1. The highest BCUT2D eigenvalue weighted by molar-refractivity contribution is 5.97. The average molecular weight is 571 g/mol. The van der Waals surface area contributed by atoms with E-state index in [2.05, 4.69) is 15.3 Å². The number of carboxylic acid groups (broad SMARTS) is 1. The lowest BCUT2D eigenvalue weighted by Crippen LogP contribution is -2.55. The van der Waals surface area contributed by atoms with Gasteiger partial charge in [-0.05, 0) is 19.8 Å². The third-order valence-corrected chi connectivity index (χ3v) is 6.73. The first-order valence-electron chi connectivity index (χ1n) is 13.5. The Morgan fingerprint density at radius 3 is 2.44 bits per heavy atom. The lowest BCUT2D eigenvalue weighted by Gasteiger charge is -2.35. The van der Waals surface area contributed by atoms with Gasteiger partial charge in [0.25, 0.3) is 5.91 Å². The Kier molecular flexibility index (Phi) is 10.0. The van der Waals surface area contributed by atoms with Crippen LogP contribution in [0.15, 0.2) is 36.4 Å². The van der Waals surface area contributed by atoms with Crippen molar-refractivity contribution in [2.24, 2.45) is 0 Å². The van der Waals surface area contributed by atoms with Crippen LogP contribution < -0.4 is 10.2 Å². The third-order valence-electron chi connectivity index (χ3n) is 6.73. The first-order chi connectivity index (χ1) is 19.7. The molecule has 0 bridgehead atoms. The van der Waals surface area contributed by atoms with Crippen molar-refractivity contribution in [1.82, 2.24) is 25.2 Å². The van der Waals surface area contributed by atoms with Crippen molar-refractivity contribution in [3.63, 3.8) is 0 Å². The quantitative estimate of drug-likeness (QED) is 0.345. The third kappa shape index (κ3) is 8.11. The van der Waals surface area contributed by atoms with Crippen molar-refractivity contribution >= 4 is 29.8 Å². The molecule has 2 amide bonds. The van der Waals surface area contributed by atoms with E-state index in [9.17, 15) is 29.4 Å². The van der Waals surface area contributed by atoms with Crippen LogP contribution in [0.5, 0.6) is 0 Å². The number of carboxylic acids is 1. The van der Waals surface area contributed by atoms with Crippen LogP contribution in [0.1, 0.15) is 36.7 Å². The summed E-state index contributed by atoms with van der Waals surface area (Å²) in [6, 6.07) is 9.49. The minimum Gasteiger partial charge on any atom is -0.481 e. The molecule has 41 heavy (non-hydrogen) atoms. The highest BCUT2D eigenvalue weighted by atomic mass is 16.8. The standard InChI is InChI=1S/C27H34N6O8/c1-2-40-27(39)41-33-14-12-31(13-15-33)26(38)20(8-9-23(35)36)29-25(37)21-16-22(32-11-10-19(34)17-32)30-24(28-21)18-6-4-3-5-7-18/h3-7,16,19-20,34H,2,8-15,17H2,1H3,(H,29,37)(H,35,36)/t19-,20+/m1/s1. The van der Waals surface area contributed by atoms with Gasteiger partial charge in [-0.2, -0.15) is 0 Å². The number of ether oxygens (including phenoxy) is 1. The minimum atomic E-state index is -1.12. The maximum atomic E-state index is 13.5. The molecule has 1 aromatic carbocycles. The van der Waals surface area contributed by atoms with E-state index in [1.807, 2.05) is 35.2 Å². The second-order valence-electron chi connectivity index (χ2n) is 9.68. The molecule has 2 atom stereocenters. The van der Waals surface area contributed by atoms with Gasteiger partial charge < -0.3 is 34.9 Å². The number of rotatable bonds is 10. The van der Waals surface area contributed by atoms with Gasteiger partial charge in [-0.1, -0.05) is 30.3 Å². The number of aromatic nitrogens is 2. The monoisotopic (exact) mass is 570 g/mol. The fraction of sp³-hybridized carbons (Fsp3) is 0.481. The van der Waals surface area contributed by atoms with E-state index < -0.39 is 36.1 Å². The molecule has 2 aliphatic rings. The molecule has 2 aromatic rings. The number of carbonyl (C=O) groups excluding carboxylic acids is 3. The number of aliphatic hydroxyl groups excluding tert-OH is 1. The Bertz CT molecular complexity index is 1240. The second kappa shape index (κ2) is 13.9. The van der Waals surface area contributed by atoms with Gasteiger partial charge in [-0.25, -0.2) is 14.8 Å². The second-order valence-corrected chi connectivity index (χ2v) is 9.68. The molecule has 14 heteroatoms. The largest absolute Gasteiger partial charge is 0.527 e. The van der Waals surface area contributed by atoms with Gasteiger partial charge in [0.05, 0.1) is 25.8 Å². The predicted octanol–water partition coefficient (Wildman–Crippen LogP) is 0.910. The molecule has 4 rings (SSSR count). The van der Waals surface area contributed by atoms with Crippen LogP contribution in [0.4, 0.5) is 10.6 Å². The Hall–Kier alpha value is -4.30. The first kappa shape index (κ1) is 29.7. The molecular weight excluding hydrogens is 536 g/mol. The fourth-order valence-corrected chi connectivity index (χ4v) is 4.61. The number of piperazine rings is 1. The van der Waals surface area contributed by atoms with E-state index in [-0.39, 0.29) is 51.3 Å². The lowest BCUT2D eigenvalue weighted by atomic mass is 10.1. The summed E-state index contributed by atoms with van der Waals surface area (Å²) in [5.74, 6) is -1.44. The molecule has 14 nitrogen and oxygen atoms in total. The first-order valence-corrected chi connectivity index (χ1v) is 13.5. The maximum Gasteiger partial charge on any atom is 0.527 e. The molecule has 2 fully saturated rings. The van der Waals surface area contributed by atoms with Crippen LogP contribution in [-0.4, -0.2) is 112 Å². The summed E-state index contributed by atoms with van der Waals surface area (Å²) in [5.41, 5.74) is 0.695. The van der Waals surface area contributed by atoms with Crippen molar-refractivity contribution in [3.8, 4) is 11.4 Å². The normalized spacial score (nSPS) is 18.0. The molecule has 0 radical (unpaired) electrons. The number of benzene rings is 1. The summed E-state index contributed by atoms with van der Waals surface area (Å²) in [6.45, 7) is 3.59. The van der Waals surface area contributed by atoms with Crippen LogP contribution in [0, 0.1) is 0 Å². The number of hydrogen-bond acceptors (Lipinski definition) is 11. The van der Waals surface area contributed by atoms with E-state index in [1.165, 1.54) is 16.0 Å². The Balaban J connectivity index is 1.51. The van der Waals surface area contributed by atoms with E-state index in [0.717, 1.165) is 0 Å². The van der Waals surface area contributed by atoms with E-state index in [0.29, 0.717) is 36.7 Å². The minimum absolute atomic E-state index is 0.0102. The number of aliphatic carboxylic acids is 1. The van der Waals surface area contributed by atoms with E-state index in [4.69, 9.17) is 9.57 Å². The number of hydrogen-bond donors (Lipinski definition) is 3. The van der Waals surface area contributed by atoms with Gasteiger partial charge in [0.15, 0.2) is 5.82 Å². The van der Waals surface area contributed by atoms with Crippen molar-refractivity contribution in [1.29, 1.82) is 0 Å². The summed E-state index contributed by atoms with van der Waals surface area (Å²) in [4.78, 5) is 67.3. The van der Waals surface area contributed by atoms with Crippen LogP contribution in [-0.2, 0) is 19.2 Å².